The summed E-state index contributed by atoms with van der Waals surface area (Å²) in [5.41, 5.74) is 2.54. The Kier molecular flexibility index (Phi) is 4.45. The molecule has 120 valence electrons. The van der Waals surface area contributed by atoms with Crippen molar-refractivity contribution in [2.24, 2.45) is 0 Å². The van der Waals surface area contributed by atoms with Crippen molar-refractivity contribution in [1.29, 1.82) is 0 Å². The minimum absolute atomic E-state index is 0.0453. The van der Waals surface area contributed by atoms with Crippen molar-refractivity contribution in [2.45, 2.75) is 26.3 Å². The Morgan fingerprint density at radius 3 is 2.87 bits per heavy atom. The molecule has 0 saturated carbocycles. The van der Waals surface area contributed by atoms with Crippen molar-refractivity contribution >= 4 is 28.5 Å². The molecule has 2 N–H and O–H groups in total. The number of aliphatic hydroxyl groups is 1. The lowest BCUT2D eigenvalue weighted by molar-refractivity contribution is 0.271. The predicted molar refractivity (Wildman–Crippen MR) is 91.2 cm³/mol. The van der Waals surface area contributed by atoms with E-state index < -0.39 is 0 Å². The molecule has 0 unspecified atom stereocenters. The maximum absolute atomic E-state index is 9.36. The number of fused-ring (bicyclic) bond motifs is 1. The van der Waals surface area contributed by atoms with Crippen LogP contribution < -0.4 is 5.32 Å². The fourth-order valence-electron chi connectivity index (χ4n) is 2.33. The summed E-state index contributed by atoms with van der Waals surface area (Å²) in [7, 11) is 0. The van der Waals surface area contributed by atoms with Gasteiger partial charge in [0.2, 0.25) is 0 Å². The fourth-order valence-corrected chi connectivity index (χ4v) is 2.51. The quantitative estimate of drug-likeness (QED) is 0.751. The number of nitrogens with one attached hydrogen (secondary N) is 1. The Morgan fingerprint density at radius 1 is 1.35 bits per heavy atom. The molecule has 0 amide bonds. The molecule has 0 radical (unpaired) electrons. The van der Waals surface area contributed by atoms with Gasteiger partial charge in [-0.1, -0.05) is 24.6 Å². The molecule has 0 saturated heterocycles. The van der Waals surface area contributed by atoms with Crippen LogP contribution in [0.15, 0.2) is 30.7 Å². The summed E-state index contributed by atoms with van der Waals surface area (Å²) in [4.78, 5) is 8.60. The van der Waals surface area contributed by atoms with Gasteiger partial charge in [0.1, 0.15) is 12.1 Å². The Labute approximate surface area is 139 Å². The number of rotatable bonds is 5. The standard InChI is InChI=1S/C16H18ClN5O/c1-3-11(8-23)21-15-13-7-20-22(16(13)19-9-18-15)12-5-4-10(2)14(17)6-12/h4-7,9,11,23H,3,8H2,1-2H3,(H,18,19,21)/t11-/m0/s1. The van der Waals surface area contributed by atoms with Crippen molar-refractivity contribution in [3.8, 4) is 5.69 Å². The Bertz CT molecular complexity index is 828. The topological polar surface area (TPSA) is 75.9 Å². The van der Waals surface area contributed by atoms with Crippen LogP contribution in [0.4, 0.5) is 5.82 Å². The van der Waals surface area contributed by atoms with Crippen molar-refractivity contribution in [2.75, 3.05) is 11.9 Å². The third-order valence-corrected chi connectivity index (χ3v) is 4.23. The smallest absolute Gasteiger partial charge is 0.168 e. The van der Waals surface area contributed by atoms with Crippen LogP contribution in [-0.4, -0.2) is 37.5 Å². The normalized spacial score (nSPS) is 12.5. The van der Waals surface area contributed by atoms with Crippen LogP contribution >= 0.6 is 11.6 Å². The molecule has 1 atom stereocenters. The average molecular weight is 332 g/mol. The van der Waals surface area contributed by atoms with Gasteiger partial charge in [0.25, 0.3) is 0 Å². The lowest BCUT2D eigenvalue weighted by Crippen LogP contribution is -2.23. The van der Waals surface area contributed by atoms with Crippen LogP contribution in [-0.2, 0) is 0 Å². The second-order valence-electron chi connectivity index (χ2n) is 5.38. The first-order valence-electron chi connectivity index (χ1n) is 7.46. The third kappa shape index (κ3) is 3.00. The van der Waals surface area contributed by atoms with Gasteiger partial charge in [-0.05, 0) is 31.0 Å². The summed E-state index contributed by atoms with van der Waals surface area (Å²) in [5, 5.41) is 18.5. The Morgan fingerprint density at radius 2 is 2.17 bits per heavy atom. The van der Waals surface area contributed by atoms with Gasteiger partial charge in [-0.25, -0.2) is 14.6 Å². The number of hydrogen-bond donors (Lipinski definition) is 2. The molecular formula is C16H18ClN5O. The highest BCUT2D eigenvalue weighted by Crippen LogP contribution is 2.25. The fraction of sp³-hybridized carbons (Fsp3) is 0.312. The maximum atomic E-state index is 9.36. The monoisotopic (exact) mass is 331 g/mol. The zero-order chi connectivity index (χ0) is 16.4. The van der Waals surface area contributed by atoms with Crippen LogP contribution in [0.5, 0.6) is 0 Å². The minimum Gasteiger partial charge on any atom is -0.394 e. The highest BCUT2D eigenvalue weighted by atomic mass is 35.5. The zero-order valence-electron chi connectivity index (χ0n) is 13.0. The van der Waals surface area contributed by atoms with Crippen molar-refractivity contribution in [3.63, 3.8) is 0 Å². The van der Waals surface area contributed by atoms with E-state index in [0.717, 1.165) is 23.1 Å². The molecule has 6 nitrogen and oxygen atoms in total. The lowest BCUT2D eigenvalue weighted by Gasteiger charge is -2.14. The molecule has 0 spiro atoms. The number of aromatic nitrogens is 4. The highest BCUT2D eigenvalue weighted by molar-refractivity contribution is 6.31. The van der Waals surface area contributed by atoms with Crippen molar-refractivity contribution < 1.29 is 5.11 Å². The van der Waals surface area contributed by atoms with Gasteiger partial charge >= 0.3 is 0 Å². The molecule has 0 aliphatic carbocycles. The number of halogens is 1. The largest absolute Gasteiger partial charge is 0.394 e. The zero-order valence-corrected chi connectivity index (χ0v) is 13.7. The van der Waals surface area contributed by atoms with Gasteiger partial charge in [-0.2, -0.15) is 5.10 Å². The Hall–Kier alpha value is -2.18. The van der Waals surface area contributed by atoms with Gasteiger partial charge in [-0.3, -0.25) is 0 Å². The second-order valence-corrected chi connectivity index (χ2v) is 5.79. The van der Waals surface area contributed by atoms with Crippen LogP contribution in [0.3, 0.4) is 0 Å². The number of hydrogen-bond acceptors (Lipinski definition) is 5. The van der Waals surface area contributed by atoms with Crippen LogP contribution in [0.2, 0.25) is 5.02 Å². The van der Waals surface area contributed by atoms with Crippen molar-refractivity contribution in [3.05, 3.63) is 41.3 Å². The van der Waals surface area contributed by atoms with Crippen LogP contribution in [0.25, 0.3) is 16.7 Å². The highest BCUT2D eigenvalue weighted by Gasteiger charge is 2.14. The summed E-state index contributed by atoms with van der Waals surface area (Å²) in [6.07, 6.45) is 4.00. The molecule has 1 aromatic carbocycles. The van der Waals surface area contributed by atoms with Crippen molar-refractivity contribution in [1.82, 2.24) is 19.7 Å². The van der Waals surface area contributed by atoms with Gasteiger partial charge in [0.05, 0.1) is 29.9 Å². The molecule has 2 aromatic heterocycles. The maximum Gasteiger partial charge on any atom is 0.168 e. The van der Waals surface area contributed by atoms with Gasteiger partial charge in [0.15, 0.2) is 5.65 Å². The van der Waals surface area contributed by atoms with Gasteiger partial charge in [-0.15, -0.1) is 0 Å². The van der Waals surface area contributed by atoms with E-state index in [2.05, 4.69) is 20.4 Å². The molecule has 2 heterocycles. The number of anilines is 1. The van der Waals surface area contributed by atoms with E-state index in [1.807, 2.05) is 32.0 Å². The number of benzene rings is 1. The lowest BCUT2D eigenvalue weighted by atomic mass is 10.2. The SMILES string of the molecule is CC[C@@H](CO)Nc1ncnc2c1cnn2-c1ccc(C)c(Cl)c1. The van der Waals surface area contributed by atoms with E-state index in [1.165, 1.54) is 6.33 Å². The second kappa shape index (κ2) is 6.52. The minimum atomic E-state index is -0.0507. The number of aliphatic hydroxyl groups excluding tert-OH is 1. The summed E-state index contributed by atoms with van der Waals surface area (Å²) in [6, 6.07) is 5.71. The summed E-state index contributed by atoms with van der Waals surface area (Å²) in [5.74, 6) is 0.667. The molecule has 0 aliphatic heterocycles. The number of aryl methyl sites for hydroxylation is 1. The molecule has 0 fully saturated rings. The number of nitrogens with zero attached hydrogens (tertiary/aromatic N) is 4. The summed E-state index contributed by atoms with van der Waals surface area (Å²) < 4.78 is 1.73. The first kappa shape index (κ1) is 15.7. The van der Waals surface area contributed by atoms with E-state index in [4.69, 9.17) is 11.6 Å². The van der Waals surface area contributed by atoms with E-state index in [-0.39, 0.29) is 12.6 Å². The molecule has 7 heteroatoms. The molecule has 3 aromatic rings. The van der Waals surface area contributed by atoms with Gasteiger partial charge in [0, 0.05) is 5.02 Å². The molecule has 0 aliphatic rings. The van der Waals surface area contributed by atoms with E-state index in [1.54, 1.807) is 10.9 Å². The summed E-state index contributed by atoms with van der Waals surface area (Å²) >= 11 is 6.21. The first-order chi connectivity index (χ1) is 11.1. The van der Waals surface area contributed by atoms with E-state index in [9.17, 15) is 5.11 Å². The predicted octanol–water partition coefficient (Wildman–Crippen LogP) is 2.96. The molecular weight excluding hydrogens is 314 g/mol. The summed E-state index contributed by atoms with van der Waals surface area (Å²) in [6.45, 7) is 4.00. The average Bonchev–Trinajstić information content (AvgIpc) is 3.00. The third-order valence-electron chi connectivity index (χ3n) is 3.82. The van der Waals surface area contributed by atoms with Crippen LogP contribution in [0, 0.1) is 6.92 Å². The van der Waals surface area contributed by atoms with E-state index in [0.29, 0.717) is 16.5 Å². The van der Waals surface area contributed by atoms with Crippen LogP contribution in [0.1, 0.15) is 18.9 Å². The molecule has 3 rings (SSSR count). The first-order valence-corrected chi connectivity index (χ1v) is 7.84. The molecule has 23 heavy (non-hydrogen) atoms. The van der Waals surface area contributed by atoms with Gasteiger partial charge < -0.3 is 10.4 Å². The Balaban J connectivity index is 2.05. The van der Waals surface area contributed by atoms with E-state index >= 15 is 0 Å². The molecule has 0 bridgehead atoms.